The van der Waals surface area contributed by atoms with Crippen molar-refractivity contribution in [3.8, 4) is 11.1 Å². The third-order valence-corrected chi connectivity index (χ3v) is 6.24. The number of benzene rings is 3. The Balaban J connectivity index is 1.43. The Morgan fingerprint density at radius 1 is 0.818 bits per heavy atom. The number of hydrogen-bond acceptors (Lipinski definition) is 4. The molecule has 0 atom stereocenters. The maximum atomic E-state index is 13.0. The monoisotopic (exact) mass is 458 g/mol. The lowest BCUT2D eigenvalue weighted by Crippen LogP contribution is -2.28. The van der Waals surface area contributed by atoms with E-state index >= 15 is 0 Å². The molecule has 0 spiro atoms. The van der Waals surface area contributed by atoms with Gasteiger partial charge in [0, 0.05) is 30.2 Å². The Morgan fingerprint density at radius 2 is 1.55 bits per heavy atom. The molecular weight excluding hydrogens is 436 g/mol. The first-order valence-electron chi connectivity index (χ1n) is 10.2. The normalized spacial score (nSPS) is 10.9. The fraction of sp³-hybridized carbons (Fsp3) is 0.0400. The largest absolute Gasteiger partial charge is 0.334 e. The second-order valence-corrected chi connectivity index (χ2v) is 8.89. The van der Waals surface area contributed by atoms with Gasteiger partial charge < -0.3 is 10.6 Å². The van der Waals surface area contributed by atoms with Crippen molar-refractivity contribution in [1.82, 2.24) is 10.3 Å². The number of carbonyl (C=O) groups is 1. The highest BCUT2D eigenvalue weighted by Crippen LogP contribution is 2.29. The molecule has 0 radical (unpaired) electrons. The summed E-state index contributed by atoms with van der Waals surface area (Å²) in [6.07, 6.45) is 3.33. The number of nitrogens with zero attached hydrogens (tertiary/aromatic N) is 1. The average molecular weight is 459 g/mol. The van der Waals surface area contributed by atoms with Crippen LogP contribution in [0, 0.1) is 0 Å². The standard InChI is InChI=1S/C25H22N4O3S/c30-25(27-18-19-7-6-16-26-17-19)28-21-12-14-22(15-13-21)33(31,32)29-24-11-5-4-10-23(24)20-8-2-1-3-9-20/h1-17,29H,18H2,(H2,27,28,30). The highest BCUT2D eigenvalue weighted by molar-refractivity contribution is 7.92. The number of hydrogen-bond donors (Lipinski definition) is 3. The van der Waals surface area contributed by atoms with Gasteiger partial charge in [-0.3, -0.25) is 9.71 Å². The van der Waals surface area contributed by atoms with Crippen LogP contribution in [-0.2, 0) is 16.6 Å². The van der Waals surface area contributed by atoms with E-state index < -0.39 is 16.1 Å². The molecule has 33 heavy (non-hydrogen) atoms. The molecule has 8 heteroatoms. The molecule has 0 aliphatic carbocycles. The molecule has 0 fully saturated rings. The molecule has 166 valence electrons. The maximum Gasteiger partial charge on any atom is 0.319 e. The average Bonchev–Trinajstić information content (AvgIpc) is 2.84. The van der Waals surface area contributed by atoms with Gasteiger partial charge in [-0.15, -0.1) is 0 Å². The van der Waals surface area contributed by atoms with E-state index in [1.807, 2.05) is 48.5 Å². The molecule has 2 amide bonds. The van der Waals surface area contributed by atoms with E-state index in [4.69, 9.17) is 0 Å². The van der Waals surface area contributed by atoms with Gasteiger partial charge >= 0.3 is 6.03 Å². The van der Waals surface area contributed by atoms with Crippen LogP contribution in [-0.4, -0.2) is 19.4 Å². The molecule has 0 unspecified atom stereocenters. The second kappa shape index (κ2) is 9.97. The van der Waals surface area contributed by atoms with Crippen LogP contribution >= 0.6 is 0 Å². The Morgan fingerprint density at radius 3 is 2.27 bits per heavy atom. The molecule has 4 aromatic rings. The summed E-state index contributed by atoms with van der Waals surface area (Å²) in [5.74, 6) is 0. The SMILES string of the molecule is O=C(NCc1cccnc1)Nc1ccc(S(=O)(=O)Nc2ccccc2-c2ccccc2)cc1. The Labute approximate surface area is 192 Å². The molecule has 3 aromatic carbocycles. The third kappa shape index (κ3) is 5.75. The number of amides is 2. The van der Waals surface area contributed by atoms with E-state index in [2.05, 4.69) is 20.3 Å². The Bertz CT molecular complexity index is 1330. The van der Waals surface area contributed by atoms with Crippen LogP contribution in [0.5, 0.6) is 0 Å². The van der Waals surface area contributed by atoms with Crippen molar-refractivity contribution in [2.75, 3.05) is 10.0 Å². The minimum atomic E-state index is -3.82. The van der Waals surface area contributed by atoms with Crippen LogP contribution in [0.1, 0.15) is 5.56 Å². The summed E-state index contributed by atoms with van der Waals surface area (Å²) >= 11 is 0. The minimum absolute atomic E-state index is 0.0895. The molecule has 3 N–H and O–H groups in total. The lowest BCUT2D eigenvalue weighted by atomic mass is 10.0. The summed E-state index contributed by atoms with van der Waals surface area (Å²) < 4.78 is 28.6. The number of para-hydroxylation sites is 1. The zero-order chi connectivity index (χ0) is 23.1. The first-order valence-corrected chi connectivity index (χ1v) is 11.7. The predicted octanol–water partition coefficient (Wildman–Crippen LogP) is 4.87. The summed E-state index contributed by atoms with van der Waals surface area (Å²) in [6, 6.07) is 26.0. The number of rotatable bonds is 7. The van der Waals surface area contributed by atoms with Crippen molar-refractivity contribution in [2.24, 2.45) is 0 Å². The van der Waals surface area contributed by atoms with Gasteiger partial charge in [-0.2, -0.15) is 0 Å². The van der Waals surface area contributed by atoms with Gasteiger partial charge in [0.2, 0.25) is 0 Å². The molecule has 0 saturated heterocycles. The van der Waals surface area contributed by atoms with E-state index in [9.17, 15) is 13.2 Å². The first-order chi connectivity index (χ1) is 16.0. The van der Waals surface area contributed by atoms with Crippen LogP contribution in [0.15, 0.2) is 108 Å². The van der Waals surface area contributed by atoms with Crippen LogP contribution in [0.25, 0.3) is 11.1 Å². The Kier molecular flexibility index (Phi) is 6.66. The summed E-state index contributed by atoms with van der Waals surface area (Å²) in [5.41, 5.74) is 3.52. The number of sulfonamides is 1. The fourth-order valence-corrected chi connectivity index (χ4v) is 4.30. The van der Waals surface area contributed by atoms with Gasteiger partial charge in [0.05, 0.1) is 10.6 Å². The van der Waals surface area contributed by atoms with Crippen LogP contribution in [0.2, 0.25) is 0 Å². The van der Waals surface area contributed by atoms with Gasteiger partial charge in [0.25, 0.3) is 10.0 Å². The molecule has 4 rings (SSSR count). The number of urea groups is 1. The minimum Gasteiger partial charge on any atom is -0.334 e. The predicted molar refractivity (Wildman–Crippen MR) is 129 cm³/mol. The van der Waals surface area contributed by atoms with Crippen molar-refractivity contribution >= 4 is 27.4 Å². The van der Waals surface area contributed by atoms with Crippen molar-refractivity contribution in [2.45, 2.75) is 11.4 Å². The van der Waals surface area contributed by atoms with Gasteiger partial charge in [-0.05, 0) is 47.5 Å². The molecule has 0 bridgehead atoms. The lowest BCUT2D eigenvalue weighted by molar-refractivity contribution is 0.251. The Hall–Kier alpha value is -4.17. The van der Waals surface area contributed by atoms with Crippen molar-refractivity contribution in [1.29, 1.82) is 0 Å². The van der Waals surface area contributed by atoms with E-state index in [1.165, 1.54) is 12.1 Å². The highest BCUT2D eigenvalue weighted by atomic mass is 32.2. The number of carbonyl (C=O) groups excluding carboxylic acids is 1. The van der Waals surface area contributed by atoms with E-state index in [1.54, 1.807) is 42.7 Å². The van der Waals surface area contributed by atoms with Crippen LogP contribution < -0.4 is 15.4 Å². The summed E-state index contributed by atoms with van der Waals surface area (Å²) in [7, 11) is -3.82. The maximum absolute atomic E-state index is 13.0. The molecule has 0 aliphatic rings. The summed E-state index contributed by atoms with van der Waals surface area (Å²) in [4.78, 5) is 16.2. The van der Waals surface area contributed by atoms with Crippen LogP contribution in [0.4, 0.5) is 16.2 Å². The van der Waals surface area contributed by atoms with Gasteiger partial charge in [-0.1, -0.05) is 54.6 Å². The molecule has 0 aliphatic heterocycles. The summed E-state index contributed by atoms with van der Waals surface area (Å²) in [6.45, 7) is 0.330. The van der Waals surface area contributed by atoms with Gasteiger partial charge in [0.15, 0.2) is 0 Å². The van der Waals surface area contributed by atoms with Crippen molar-refractivity contribution < 1.29 is 13.2 Å². The van der Waals surface area contributed by atoms with Crippen LogP contribution in [0.3, 0.4) is 0 Å². The first kappa shape index (κ1) is 22.0. The molecule has 7 nitrogen and oxygen atoms in total. The number of nitrogens with one attached hydrogen (secondary N) is 3. The van der Waals surface area contributed by atoms with Gasteiger partial charge in [-0.25, -0.2) is 13.2 Å². The smallest absolute Gasteiger partial charge is 0.319 e. The highest BCUT2D eigenvalue weighted by Gasteiger charge is 2.16. The molecule has 0 saturated carbocycles. The summed E-state index contributed by atoms with van der Waals surface area (Å²) in [5, 5.41) is 5.41. The van der Waals surface area contributed by atoms with E-state index in [-0.39, 0.29) is 4.90 Å². The topological polar surface area (TPSA) is 100 Å². The fourth-order valence-electron chi connectivity index (χ4n) is 3.22. The zero-order valence-corrected chi connectivity index (χ0v) is 18.4. The molecule has 1 aromatic heterocycles. The number of aromatic nitrogens is 1. The quantitative estimate of drug-likeness (QED) is 0.368. The lowest BCUT2D eigenvalue weighted by Gasteiger charge is -2.13. The number of pyridine rings is 1. The third-order valence-electron chi connectivity index (χ3n) is 4.85. The molecular formula is C25H22N4O3S. The second-order valence-electron chi connectivity index (χ2n) is 7.21. The van der Waals surface area contributed by atoms with E-state index in [0.717, 1.165) is 16.7 Å². The van der Waals surface area contributed by atoms with E-state index in [0.29, 0.717) is 17.9 Å². The molecule has 1 heterocycles. The number of anilines is 2. The van der Waals surface area contributed by atoms with Crippen molar-refractivity contribution in [3.63, 3.8) is 0 Å². The van der Waals surface area contributed by atoms with Crippen molar-refractivity contribution in [3.05, 3.63) is 109 Å². The van der Waals surface area contributed by atoms with Gasteiger partial charge in [0.1, 0.15) is 0 Å². The zero-order valence-electron chi connectivity index (χ0n) is 17.6.